The van der Waals surface area contributed by atoms with Gasteiger partial charge in [0.1, 0.15) is 17.6 Å². The highest BCUT2D eigenvalue weighted by Gasteiger charge is 2.41. The summed E-state index contributed by atoms with van der Waals surface area (Å²) >= 11 is 5.77. The fourth-order valence-corrected chi connectivity index (χ4v) is 5.05. The number of thiocarbonyl (C=S) groups is 1. The van der Waals surface area contributed by atoms with Crippen LogP contribution in [0.4, 0.5) is 5.69 Å². The number of hydrogen-bond donors (Lipinski definition) is 3. The maximum absolute atomic E-state index is 11.3. The third-order valence-corrected chi connectivity index (χ3v) is 6.89. The summed E-state index contributed by atoms with van der Waals surface area (Å²) in [6.45, 7) is 3.43. The second kappa shape index (κ2) is 10.8. The Morgan fingerprint density at radius 1 is 1.11 bits per heavy atom. The highest BCUT2D eigenvalue weighted by Crippen LogP contribution is 2.40. The molecule has 0 amide bonds. The minimum Gasteiger partial charge on any atom is -0.478 e. The van der Waals surface area contributed by atoms with Crippen molar-refractivity contribution in [2.75, 3.05) is 18.4 Å². The number of furan rings is 1. The largest absolute Gasteiger partial charge is 0.478 e. The number of carboxylic acids is 1. The number of para-hydroxylation sites is 1. The van der Waals surface area contributed by atoms with Gasteiger partial charge in [-0.1, -0.05) is 30.3 Å². The van der Waals surface area contributed by atoms with Crippen LogP contribution in [0.15, 0.2) is 89.5 Å². The molecular formula is C29H28N4O3S. The summed E-state index contributed by atoms with van der Waals surface area (Å²) in [6.07, 6.45) is 2.66. The van der Waals surface area contributed by atoms with Crippen LogP contribution in [0.3, 0.4) is 0 Å². The number of rotatable bonds is 9. The fourth-order valence-electron chi connectivity index (χ4n) is 4.72. The molecule has 4 aromatic rings. The molecule has 37 heavy (non-hydrogen) atoms. The van der Waals surface area contributed by atoms with Gasteiger partial charge in [0.2, 0.25) is 0 Å². The number of carbonyl (C=O) groups is 1. The quantitative estimate of drug-likeness (QED) is 0.191. The van der Waals surface area contributed by atoms with Gasteiger partial charge >= 0.3 is 5.97 Å². The molecule has 0 spiro atoms. The standard InChI is InChI=1S/C29H28N4O3S/c1-19-18-20(28(34)35)11-12-22(19)24-13-14-25(36-24)27-26(23-10-5-6-15-31-23)32-29(37)33(27)17-7-16-30-21-8-3-2-4-9-21/h2-6,8-15,18,26-27,30H,7,16-17H2,1H3,(H,32,37)(H,34,35)/t26-,27-/m0/s1. The Balaban J connectivity index is 1.40. The average molecular weight is 513 g/mol. The number of aryl methyl sites for hydroxylation is 1. The Hall–Kier alpha value is -4.17. The molecular weight excluding hydrogens is 484 g/mol. The predicted molar refractivity (Wildman–Crippen MR) is 148 cm³/mol. The zero-order chi connectivity index (χ0) is 25.8. The number of nitrogens with zero attached hydrogens (tertiary/aromatic N) is 2. The second-order valence-corrected chi connectivity index (χ2v) is 9.39. The van der Waals surface area contributed by atoms with E-state index in [1.165, 1.54) is 0 Å². The average Bonchev–Trinajstić information content (AvgIpc) is 3.52. The lowest BCUT2D eigenvalue weighted by Crippen LogP contribution is -2.31. The molecule has 2 aromatic heterocycles. The number of hydrogen-bond acceptors (Lipinski definition) is 5. The van der Waals surface area contributed by atoms with Crippen LogP contribution < -0.4 is 10.6 Å². The highest BCUT2D eigenvalue weighted by atomic mass is 32.1. The Morgan fingerprint density at radius 3 is 2.65 bits per heavy atom. The summed E-state index contributed by atoms with van der Waals surface area (Å²) < 4.78 is 6.41. The van der Waals surface area contributed by atoms with E-state index < -0.39 is 5.97 Å². The van der Waals surface area contributed by atoms with Crippen molar-refractivity contribution in [1.29, 1.82) is 0 Å². The van der Waals surface area contributed by atoms with E-state index in [1.807, 2.05) is 55.5 Å². The van der Waals surface area contributed by atoms with Crippen LogP contribution in [0, 0.1) is 6.92 Å². The van der Waals surface area contributed by atoms with Gasteiger partial charge in [0.05, 0.1) is 17.3 Å². The van der Waals surface area contributed by atoms with Crippen LogP contribution in [-0.4, -0.2) is 39.2 Å². The molecule has 2 atom stereocenters. The van der Waals surface area contributed by atoms with Crippen LogP contribution in [0.5, 0.6) is 0 Å². The molecule has 0 aliphatic carbocycles. The highest BCUT2D eigenvalue weighted by molar-refractivity contribution is 7.80. The molecule has 8 heteroatoms. The number of anilines is 1. The Morgan fingerprint density at radius 2 is 1.92 bits per heavy atom. The maximum atomic E-state index is 11.3. The van der Waals surface area contributed by atoms with Crippen LogP contribution in [-0.2, 0) is 0 Å². The lowest BCUT2D eigenvalue weighted by molar-refractivity contribution is 0.0696. The molecule has 188 valence electrons. The molecule has 1 saturated heterocycles. The first-order valence-corrected chi connectivity index (χ1v) is 12.6. The molecule has 1 aliphatic rings. The smallest absolute Gasteiger partial charge is 0.335 e. The number of pyridine rings is 1. The zero-order valence-corrected chi connectivity index (χ0v) is 21.2. The van der Waals surface area contributed by atoms with Crippen molar-refractivity contribution >= 4 is 29.0 Å². The van der Waals surface area contributed by atoms with E-state index in [-0.39, 0.29) is 17.6 Å². The molecule has 5 rings (SSSR count). The molecule has 3 heterocycles. The summed E-state index contributed by atoms with van der Waals surface area (Å²) in [4.78, 5) is 18.1. The van der Waals surface area contributed by atoms with E-state index in [2.05, 4.69) is 32.7 Å². The van der Waals surface area contributed by atoms with E-state index in [0.717, 1.165) is 47.8 Å². The van der Waals surface area contributed by atoms with Gasteiger partial charge in [0, 0.05) is 30.5 Å². The molecule has 0 radical (unpaired) electrons. The van der Waals surface area contributed by atoms with E-state index in [4.69, 9.17) is 16.6 Å². The zero-order valence-electron chi connectivity index (χ0n) is 20.4. The van der Waals surface area contributed by atoms with Crippen molar-refractivity contribution in [3.63, 3.8) is 0 Å². The van der Waals surface area contributed by atoms with Gasteiger partial charge in [-0.2, -0.15) is 0 Å². The van der Waals surface area contributed by atoms with Gasteiger partial charge in [-0.25, -0.2) is 4.79 Å². The first kappa shape index (κ1) is 24.5. The SMILES string of the molecule is Cc1cc(C(=O)O)ccc1-c1ccc([C@H]2[C@H](c3ccccn3)NC(=S)N2CCCNc2ccccc2)o1. The van der Waals surface area contributed by atoms with Gasteiger partial charge in [0.25, 0.3) is 0 Å². The molecule has 1 aliphatic heterocycles. The Kier molecular flexibility index (Phi) is 7.18. The summed E-state index contributed by atoms with van der Waals surface area (Å²) in [5.41, 5.74) is 3.93. The Bertz CT molecular complexity index is 1390. The van der Waals surface area contributed by atoms with Crippen LogP contribution >= 0.6 is 12.2 Å². The third-order valence-electron chi connectivity index (χ3n) is 6.53. The van der Waals surface area contributed by atoms with Gasteiger partial charge in [-0.05, 0) is 79.7 Å². The van der Waals surface area contributed by atoms with Gasteiger partial charge < -0.3 is 25.1 Å². The number of aromatic carboxylic acids is 1. The van der Waals surface area contributed by atoms with Gasteiger partial charge in [-0.3, -0.25) is 4.98 Å². The minimum atomic E-state index is -0.948. The first-order valence-electron chi connectivity index (χ1n) is 12.2. The van der Waals surface area contributed by atoms with Gasteiger partial charge in [0.15, 0.2) is 5.11 Å². The second-order valence-electron chi connectivity index (χ2n) is 9.00. The van der Waals surface area contributed by atoms with Crippen LogP contribution in [0.25, 0.3) is 11.3 Å². The van der Waals surface area contributed by atoms with Crippen molar-refractivity contribution in [3.8, 4) is 11.3 Å². The normalized spacial score (nSPS) is 17.0. The maximum Gasteiger partial charge on any atom is 0.335 e. The molecule has 0 bridgehead atoms. The molecule has 2 aromatic carbocycles. The van der Waals surface area contributed by atoms with Crippen LogP contribution in [0.2, 0.25) is 0 Å². The monoisotopic (exact) mass is 512 g/mol. The van der Waals surface area contributed by atoms with Gasteiger partial charge in [-0.15, -0.1) is 0 Å². The number of benzene rings is 2. The fraction of sp³-hybridized carbons (Fsp3) is 0.207. The van der Waals surface area contributed by atoms with Crippen molar-refractivity contribution in [1.82, 2.24) is 15.2 Å². The van der Waals surface area contributed by atoms with Crippen molar-refractivity contribution in [2.45, 2.75) is 25.4 Å². The lowest BCUT2D eigenvalue weighted by atomic mass is 10.0. The molecule has 0 unspecified atom stereocenters. The molecule has 0 saturated carbocycles. The topological polar surface area (TPSA) is 90.6 Å². The summed E-state index contributed by atoms with van der Waals surface area (Å²) in [6, 6.07) is 24.6. The van der Waals surface area contributed by atoms with E-state index in [0.29, 0.717) is 10.9 Å². The van der Waals surface area contributed by atoms with E-state index >= 15 is 0 Å². The molecule has 1 fully saturated rings. The molecule has 3 N–H and O–H groups in total. The predicted octanol–water partition coefficient (Wildman–Crippen LogP) is 5.82. The van der Waals surface area contributed by atoms with E-state index in [1.54, 1.807) is 24.4 Å². The van der Waals surface area contributed by atoms with E-state index in [9.17, 15) is 9.90 Å². The number of carboxylic acid groups (broad SMARTS) is 1. The molecule has 7 nitrogen and oxygen atoms in total. The number of aromatic nitrogens is 1. The first-order chi connectivity index (χ1) is 18.0. The van der Waals surface area contributed by atoms with Crippen molar-refractivity contribution in [3.05, 3.63) is 108 Å². The van der Waals surface area contributed by atoms with Crippen LogP contribution in [0.1, 0.15) is 45.9 Å². The summed E-state index contributed by atoms with van der Waals surface area (Å²) in [5.74, 6) is 0.513. The lowest BCUT2D eigenvalue weighted by Gasteiger charge is -2.26. The summed E-state index contributed by atoms with van der Waals surface area (Å²) in [7, 11) is 0. The number of nitrogens with one attached hydrogen (secondary N) is 2. The van der Waals surface area contributed by atoms with Crippen molar-refractivity contribution < 1.29 is 14.3 Å². The summed E-state index contributed by atoms with van der Waals surface area (Å²) in [5, 5.41) is 16.9. The minimum absolute atomic E-state index is 0.162. The van der Waals surface area contributed by atoms with Crippen molar-refractivity contribution in [2.24, 2.45) is 0 Å². The third kappa shape index (κ3) is 5.34. The Labute approximate surface area is 221 Å².